The molecule has 0 aromatic heterocycles. The molecule has 1 aromatic carbocycles. The van der Waals surface area contributed by atoms with Crippen LogP contribution in [-0.2, 0) is 4.79 Å². The van der Waals surface area contributed by atoms with Gasteiger partial charge in [-0.25, -0.2) is 0 Å². The molecule has 2 fully saturated rings. The van der Waals surface area contributed by atoms with Gasteiger partial charge < -0.3 is 19.6 Å². The van der Waals surface area contributed by atoms with Crippen molar-refractivity contribution >= 4 is 11.8 Å². The number of methoxy groups -OCH3 is 1. The van der Waals surface area contributed by atoms with Crippen molar-refractivity contribution in [2.75, 3.05) is 26.7 Å². The SMILES string of the molecule is COc1ccccc1C(=O)N1CC(=O)N(C2CCCCC2)CC(O)C1. The van der Waals surface area contributed by atoms with E-state index in [4.69, 9.17) is 4.74 Å². The minimum absolute atomic E-state index is 0.00441. The molecule has 6 heteroatoms. The van der Waals surface area contributed by atoms with Crippen molar-refractivity contribution in [1.29, 1.82) is 0 Å². The van der Waals surface area contributed by atoms with E-state index in [2.05, 4.69) is 0 Å². The van der Waals surface area contributed by atoms with Crippen LogP contribution in [0.25, 0.3) is 0 Å². The zero-order valence-electron chi connectivity index (χ0n) is 14.7. The third kappa shape index (κ3) is 3.95. The van der Waals surface area contributed by atoms with E-state index in [-0.39, 0.29) is 30.9 Å². The second kappa shape index (κ2) is 7.87. The van der Waals surface area contributed by atoms with Crippen molar-refractivity contribution in [3.05, 3.63) is 29.8 Å². The number of aliphatic hydroxyl groups is 1. The van der Waals surface area contributed by atoms with E-state index in [1.54, 1.807) is 29.2 Å². The lowest BCUT2D eigenvalue weighted by Gasteiger charge is -2.34. The number of benzene rings is 1. The van der Waals surface area contributed by atoms with Crippen molar-refractivity contribution in [1.82, 2.24) is 9.80 Å². The van der Waals surface area contributed by atoms with E-state index in [1.165, 1.54) is 18.4 Å². The largest absolute Gasteiger partial charge is 0.496 e. The summed E-state index contributed by atoms with van der Waals surface area (Å²) in [6, 6.07) is 7.15. The number of para-hydroxylation sites is 1. The molecule has 1 heterocycles. The van der Waals surface area contributed by atoms with Gasteiger partial charge in [-0.2, -0.15) is 0 Å². The molecule has 2 aliphatic rings. The molecule has 0 radical (unpaired) electrons. The van der Waals surface area contributed by atoms with Gasteiger partial charge in [0.2, 0.25) is 5.91 Å². The van der Waals surface area contributed by atoms with Gasteiger partial charge in [-0.1, -0.05) is 31.4 Å². The second-order valence-electron chi connectivity index (χ2n) is 6.88. The number of carbonyl (C=O) groups excluding carboxylic acids is 2. The van der Waals surface area contributed by atoms with E-state index in [9.17, 15) is 14.7 Å². The monoisotopic (exact) mass is 346 g/mol. The first-order chi connectivity index (χ1) is 12.1. The predicted octanol–water partition coefficient (Wildman–Crippen LogP) is 1.67. The zero-order valence-corrected chi connectivity index (χ0v) is 14.7. The molecule has 1 saturated heterocycles. The minimum atomic E-state index is -0.730. The molecule has 1 unspecified atom stereocenters. The fourth-order valence-electron chi connectivity index (χ4n) is 3.85. The quantitative estimate of drug-likeness (QED) is 0.904. The first-order valence-corrected chi connectivity index (χ1v) is 9.00. The zero-order chi connectivity index (χ0) is 17.8. The Balaban J connectivity index is 1.77. The lowest BCUT2D eigenvalue weighted by Crippen LogP contribution is -2.45. The van der Waals surface area contributed by atoms with Crippen LogP contribution in [-0.4, -0.2) is 65.6 Å². The molecule has 0 spiro atoms. The third-order valence-corrected chi connectivity index (χ3v) is 5.13. The summed E-state index contributed by atoms with van der Waals surface area (Å²) >= 11 is 0. The van der Waals surface area contributed by atoms with Crippen LogP contribution in [0.1, 0.15) is 42.5 Å². The highest BCUT2D eigenvalue weighted by atomic mass is 16.5. The van der Waals surface area contributed by atoms with Gasteiger partial charge in [0.1, 0.15) is 12.3 Å². The number of hydrogen-bond donors (Lipinski definition) is 1. The standard InChI is InChI=1S/C19H26N2O4/c1-25-17-10-6-5-9-16(17)19(24)20-11-15(22)12-21(18(23)13-20)14-7-3-2-4-8-14/h5-6,9-10,14-15,22H,2-4,7-8,11-13H2,1H3. The van der Waals surface area contributed by atoms with Crippen LogP contribution in [0, 0.1) is 0 Å². The van der Waals surface area contributed by atoms with Crippen molar-refractivity contribution < 1.29 is 19.4 Å². The normalized spacial score (nSPS) is 22.6. The topological polar surface area (TPSA) is 70.1 Å². The molecular weight excluding hydrogens is 320 g/mol. The molecule has 1 saturated carbocycles. The summed E-state index contributed by atoms with van der Waals surface area (Å²) < 4.78 is 5.25. The van der Waals surface area contributed by atoms with Crippen LogP contribution in [0.5, 0.6) is 5.75 Å². The number of hydrogen-bond acceptors (Lipinski definition) is 4. The highest BCUT2D eigenvalue weighted by Gasteiger charge is 2.34. The number of ether oxygens (including phenoxy) is 1. The summed E-state index contributed by atoms with van der Waals surface area (Å²) in [5.41, 5.74) is 0.413. The Hall–Kier alpha value is -2.08. The van der Waals surface area contributed by atoms with Gasteiger partial charge >= 0.3 is 0 Å². The Morgan fingerprint density at radius 1 is 1.16 bits per heavy atom. The Labute approximate surface area is 148 Å². The van der Waals surface area contributed by atoms with Gasteiger partial charge in [0.15, 0.2) is 0 Å². The van der Waals surface area contributed by atoms with Crippen molar-refractivity contribution in [3.63, 3.8) is 0 Å². The van der Waals surface area contributed by atoms with Crippen molar-refractivity contribution in [3.8, 4) is 5.75 Å². The Morgan fingerprint density at radius 3 is 2.60 bits per heavy atom. The summed E-state index contributed by atoms with van der Waals surface area (Å²) in [5.74, 6) is 0.116. The number of rotatable bonds is 3. The molecule has 1 aromatic rings. The van der Waals surface area contributed by atoms with Gasteiger partial charge in [0.05, 0.1) is 18.8 Å². The van der Waals surface area contributed by atoms with Crippen LogP contribution in [0.3, 0.4) is 0 Å². The number of nitrogens with zero attached hydrogens (tertiary/aromatic N) is 2. The average Bonchev–Trinajstić information content (AvgIpc) is 2.80. The fraction of sp³-hybridized carbons (Fsp3) is 0.579. The Morgan fingerprint density at radius 2 is 1.88 bits per heavy atom. The highest BCUT2D eigenvalue weighted by molar-refractivity contribution is 5.99. The van der Waals surface area contributed by atoms with Gasteiger partial charge in [-0.3, -0.25) is 9.59 Å². The highest BCUT2D eigenvalue weighted by Crippen LogP contribution is 2.25. The Bertz CT molecular complexity index is 628. The van der Waals surface area contributed by atoms with E-state index in [1.807, 2.05) is 0 Å². The summed E-state index contributed by atoms with van der Waals surface area (Å²) in [6.45, 7) is 0.468. The number of carbonyl (C=O) groups is 2. The third-order valence-electron chi connectivity index (χ3n) is 5.13. The first kappa shape index (κ1) is 17.7. The lowest BCUT2D eigenvalue weighted by molar-refractivity contribution is -0.134. The summed E-state index contributed by atoms with van der Waals surface area (Å²) in [7, 11) is 1.51. The molecule has 25 heavy (non-hydrogen) atoms. The summed E-state index contributed by atoms with van der Waals surface area (Å²) in [4.78, 5) is 28.8. The first-order valence-electron chi connectivity index (χ1n) is 9.00. The molecule has 1 atom stereocenters. The van der Waals surface area contributed by atoms with E-state index >= 15 is 0 Å². The lowest BCUT2D eigenvalue weighted by atomic mass is 9.94. The number of aliphatic hydroxyl groups excluding tert-OH is 1. The van der Waals surface area contributed by atoms with Crippen LogP contribution in [0.4, 0.5) is 0 Å². The molecule has 0 bridgehead atoms. The maximum absolute atomic E-state index is 12.9. The smallest absolute Gasteiger partial charge is 0.258 e. The molecule has 6 nitrogen and oxygen atoms in total. The molecule has 1 aliphatic heterocycles. The fourth-order valence-corrected chi connectivity index (χ4v) is 3.85. The van der Waals surface area contributed by atoms with Crippen molar-refractivity contribution in [2.45, 2.75) is 44.2 Å². The van der Waals surface area contributed by atoms with E-state index in [0.29, 0.717) is 17.9 Å². The van der Waals surface area contributed by atoms with Gasteiger partial charge in [0, 0.05) is 19.1 Å². The van der Waals surface area contributed by atoms with E-state index in [0.717, 1.165) is 25.7 Å². The molecule has 136 valence electrons. The van der Waals surface area contributed by atoms with Gasteiger partial charge in [0.25, 0.3) is 5.91 Å². The van der Waals surface area contributed by atoms with Crippen LogP contribution < -0.4 is 4.74 Å². The molecular formula is C19H26N2O4. The predicted molar refractivity (Wildman–Crippen MR) is 93.5 cm³/mol. The van der Waals surface area contributed by atoms with Crippen LogP contribution in [0.15, 0.2) is 24.3 Å². The summed E-state index contributed by atoms with van der Waals surface area (Å²) in [5, 5.41) is 10.4. The minimum Gasteiger partial charge on any atom is -0.496 e. The molecule has 2 amide bonds. The number of amides is 2. The van der Waals surface area contributed by atoms with Gasteiger partial charge in [-0.05, 0) is 25.0 Å². The van der Waals surface area contributed by atoms with Gasteiger partial charge in [-0.15, -0.1) is 0 Å². The summed E-state index contributed by atoms with van der Waals surface area (Å²) in [6.07, 6.45) is 4.69. The average molecular weight is 346 g/mol. The maximum atomic E-state index is 12.9. The molecule has 3 rings (SSSR count). The maximum Gasteiger partial charge on any atom is 0.258 e. The molecule has 1 N–H and O–H groups in total. The number of β-amino-alcohol motifs (C(OH)–C–C–N with tert-alkyl or cyclic N) is 1. The van der Waals surface area contributed by atoms with Crippen LogP contribution in [0.2, 0.25) is 0 Å². The Kier molecular flexibility index (Phi) is 5.58. The van der Waals surface area contributed by atoms with E-state index < -0.39 is 6.10 Å². The van der Waals surface area contributed by atoms with Crippen molar-refractivity contribution in [2.24, 2.45) is 0 Å². The molecule has 1 aliphatic carbocycles. The van der Waals surface area contributed by atoms with Crippen LogP contribution >= 0.6 is 0 Å². The second-order valence-corrected chi connectivity index (χ2v) is 6.88.